The molecule has 0 aliphatic rings. The monoisotopic (exact) mass is 216 g/mol. The predicted octanol–water partition coefficient (Wildman–Crippen LogP) is 2.02. The Morgan fingerprint density at radius 3 is 2.80 bits per heavy atom. The second-order valence-electron chi connectivity index (χ2n) is 3.25. The molecule has 0 aliphatic carbocycles. The molecule has 1 unspecified atom stereocenters. The largest absolute Gasteiger partial charge is 0.490 e. The van der Waals surface area contributed by atoms with E-state index in [0.29, 0.717) is 0 Å². The van der Waals surface area contributed by atoms with Crippen molar-refractivity contribution in [3.8, 4) is 5.75 Å². The van der Waals surface area contributed by atoms with E-state index >= 15 is 0 Å². The fourth-order valence-electron chi connectivity index (χ4n) is 0.837. The molecule has 3 nitrogen and oxygen atoms in total. The molecule has 0 aromatic heterocycles. The van der Waals surface area contributed by atoms with Gasteiger partial charge < -0.3 is 9.84 Å². The standard InChI is InChI=1S/C10H10F2O3/c1-10(12,9(13)14)6-15-8-4-2-3-7(11)5-8/h2-5H,6H2,1H3,(H,13,14). The van der Waals surface area contributed by atoms with Gasteiger partial charge in [-0.2, -0.15) is 0 Å². The van der Waals surface area contributed by atoms with Crippen LogP contribution in [0.1, 0.15) is 6.92 Å². The van der Waals surface area contributed by atoms with E-state index in [0.717, 1.165) is 13.0 Å². The van der Waals surface area contributed by atoms with Gasteiger partial charge in [-0.3, -0.25) is 0 Å². The molecule has 0 fully saturated rings. The molecule has 0 saturated carbocycles. The van der Waals surface area contributed by atoms with E-state index in [-0.39, 0.29) is 5.75 Å². The van der Waals surface area contributed by atoms with Crippen LogP contribution in [0.5, 0.6) is 5.75 Å². The Bertz CT molecular complexity index is 363. The molecular formula is C10H10F2O3. The highest BCUT2D eigenvalue weighted by Gasteiger charge is 2.33. The smallest absolute Gasteiger partial charge is 0.344 e. The molecule has 0 heterocycles. The normalized spacial score (nSPS) is 14.3. The summed E-state index contributed by atoms with van der Waals surface area (Å²) in [5, 5.41) is 8.44. The first-order valence-corrected chi connectivity index (χ1v) is 4.22. The number of rotatable bonds is 4. The number of alkyl halides is 1. The first kappa shape index (κ1) is 11.4. The van der Waals surface area contributed by atoms with Gasteiger partial charge in [0.05, 0.1) is 0 Å². The Hall–Kier alpha value is -1.65. The maximum Gasteiger partial charge on any atom is 0.344 e. The van der Waals surface area contributed by atoms with Crippen molar-refractivity contribution in [2.24, 2.45) is 0 Å². The first-order chi connectivity index (χ1) is 6.92. The molecule has 0 saturated heterocycles. The highest BCUT2D eigenvalue weighted by atomic mass is 19.1. The highest BCUT2D eigenvalue weighted by Crippen LogP contribution is 2.16. The van der Waals surface area contributed by atoms with Crippen LogP contribution in [-0.4, -0.2) is 23.4 Å². The molecule has 82 valence electrons. The fraction of sp³-hybridized carbons (Fsp3) is 0.300. The number of carbonyl (C=O) groups is 1. The van der Waals surface area contributed by atoms with Crippen LogP contribution in [0, 0.1) is 5.82 Å². The predicted molar refractivity (Wildman–Crippen MR) is 49.0 cm³/mol. The third-order valence-corrected chi connectivity index (χ3v) is 1.75. The van der Waals surface area contributed by atoms with Crippen LogP contribution >= 0.6 is 0 Å². The average Bonchev–Trinajstić information content (AvgIpc) is 2.15. The van der Waals surface area contributed by atoms with Crippen LogP contribution in [0.4, 0.5) is 8.78 Å². The Morgan fingerprint density at radius 1 is 1.60 bits per heavy atom. The summed E-state index contributed by atoms with van der Waals surface area (Å²) in [5.74, 6) is -2.04. The lowest BCUT2D eigenvalue weighted by Gasteiger charge is -2.15. The zero-order valence-corrected chi connectivity index (χ0v) is 8.04. The molecule has 1 aromatic rings. The van der Waals surface area contributed by atoms with Crippen LogP contribution in [0.2, 0.25) is 0 Å². The summed E-state index contributed by atoms with van der Waals surface area (Å²) in [6.07, 6.45) is 0. The molecule has 0 radical (unpaired) electrons. The second kappa shape index (κ2) is 4.25. The quantitative estimate of drug-likeness (QED) is 0.837. The van der Waals surface area contributed by atoms with E-state index < -0.39 is 24.1 Å². The fourth-order valence-corrected chi connectivity index (χ4v) is 0.837. The topological polar surface area (TPSA) is 46.5 Å². The van der Waals surface area contributed by atoms with Crippen molar-refractivity contribution in [3.63, 3.8) is 0 Å². The van der Waals surface area contributed by atoms with Gasteiger partial charge in [-0.1, -0.05) is 6.07 Å². The zero-order chi connectivity index (χ0) is 11.5. The minimum absolute atomic E-state index is 0.0973. The Balaban J connectivity index is 2.61. The third kappa shape index (κ3) is 3.19. The van der Waals surface area contributed by atoms with Gasteiger partial charge >= 0.3 is 5.97 Å². The van der Waals surface area contributed by atoms with Crippen molar-refractivity contribution in [3.05, 3.63) is 30.1 Å². The molecule has 15 heavy (non-hydrogen) atoms. The van der Waals surface area contributed by atoms with Crippen molar-refractivity contribution in [1.29, 1.82) is 0 Å². The average molecular weight is 216 g/mol. The van der Waals surface area contributed by atoms with Gasteiger partial charge in [0.25, 0.3) is 0 Å². The van der Waals surface area contributed by atoms with E-state index in [1.54, 1.807) is 0 Å². The molecule has 0 aliphatic heterocycles. The van der Waals surface area contributed by atoms with Crippen LogP contribution in [0.3, 0.4) is 0 Å². The lowest BCUT2D eigenvalue weighted by Crippen LogP contribution is -2.36. The van der Waals surface area contributed by atoms with Crippen LogP contribution < -0.4 is 4.74 Å². The number of benzene rings is 1. The minimum Gasteiger partial charge on any atom is -0.490 e. The third-order valence-electron chi connectivity index (χ3n) is 1.75. The molecule has 1 atom stereocenters. The van der Waals surface area contributed by atoms with E-state index in [1.165, 1.54) is 18.2 Å². The minimum atomic E-state index is -2.48. The van der Waals surface area contributed by atoms with Crippen LogP contribution in [0.15, 0.2) is 24.3 Å². The molecular weight excluding hydrogens is 206 g/mol. The van der Waals surface area contributed by atoms with E-state index in [2.05, 4.69) is 0 Å². The van der Waals surface area contributed by atoms with E-state index in [4.69, 9.17) is 9.84 Å². The van der Waals surface area contributed by atoms with Crippen molar-refractivity contribution < 1.29 is 23.4 Å². The lowest BCUT2D eigenvalue weighted by atomic mass is 10.1. The second-order valence-corrected chi connectivity index (χ2v) is 3.25. The SMILES string of the molecule is CC(F)(COc1cccc(F)c1)C(=O)O. The maximum atomic E-state index is 13.2. The van der Waals surface area contributed by atoms with Gasteiger partial charge in [0.2, 0.25) is 5.67 Å². The van der Waals surface area contributed by atoms with Crippen molar-refractivity contribution >= 4 is 5.97 Å². The summed E-state index contributed by atoms with van der Waals surface area (Å²) in [6.45, 7) is 0.223. The molecule has 1 aromatic carbocycles. The zero-order valence-electron chi connectivity index (χ0n) is 8.04. The van der Waals surface area contributed by atoms with Gasteiger partial charge in [0, 0.05) is 6.07 Å². The molecule has 0 amide bonds. The first-order valence-electron chi connectivity index (χ1n) is 4.22. The summed E-state index contributed by atoms with van der Waals surface area (Å²) >= 11 is 0. The number of carboxylic acids is 1. The van der Waals surface area contributed by atoms with Gasteiger partial charge in [-0.25, -0.2) is 13.6 Å². The van der Waals surface area contributed by atoms with Gasteiger partial charge in [0.1, 0.15) is 18.2 Å². The summed E-state index contributed by atoms with van der Waals surface area (Å²) < 4.78 is 30.7. The Labute approximate surface area is 85.3 Å². The van der Waals surface area contributed by atoms with Gasteiger partial charge in [-0.05, 0) is 19.1 Å². The van der Waals surface area contributed by atoms with Crippen LogP contribution in [-0.2, 0) is 4.79 Å². The number of aliphatic carboxylic acids is 1. The molecule has 0 spiro atoms. The number of halogens is 2. The molecule has 1 N–H and O–H groups in total. The summed E-state index contributed by atoms with van der Waals surface area (Å²) in [6, 6.07) is 5.07. The maximum absolute atomic E-state index is 13.2. The number of hydrogen-bond donors (Lipinski definition) is 1. The molecule has 1 rings (SSSR count). The van der Waals surface area contributed by atoms with Crippen LogP contribution in [0.25, 0.3) is 0 Å². The Kier molecular flexibility index (Phi) is 3.24. The molecule has 0 bridgehead atoms. The lowest BCUT2D eigenvalue weighted by molar-refractivity contribution is -0.151. The van der Waals surface area contributed by atoms with Gasteiger partial charge in [-0.15, -0.1) is 0 Å². The van der Waals surface area contributed by atoms with Crippen molar-refractivity contribution in [2.75, 3.05) is 6.61 Å². The summed E-state index contributed by atoms with van der Waals surface area (Å²) in [7, 11) is 0. The number of hydrogen-bond acceptors (Lipinski definition) is 2. The van der Waals surface area contributed by atoms with Crippen molar-refractivity contribution in [2.45, 2.75) is 12.6 Å². The van der Waals surface area contributed by atoms with E-state index in [9.17, 15) is 13.6 Å². The summed E-state index contributed by atoms with van der Waals surface area (Å²) in [5.41, 5.74) is -2.48. The molecule has 5 heteroatoms. The number of carboxylic acid groups (broad SMARTS) is 1. The van der Waals surface area contributed by atoms with E-state index in [1.807, 2.05) is 0 Å². The number of ether oxygens (including phenoxy) is 1. The highest BCUT2D eigenvalue weighted by molar-refractivity contribution is 5.76. The Morgan fingerprint density at radius 2 is 2.27 bits per heavy atom. The summed E-state index contributed by atoms with van der Waals surface area (Å²) in [4.78, 5) is 10.4. The van der Waals surface area contributed by atoms with Gasteiger partial charge in [0.15, 0.2) is 0 Å². The van der Waals surface area contributed by atoms with Crippen molar-refractivity contribution in [1.82, 2.24) is 0 Å².